The van der Waals surface area contributed by atoms with E-state index in [0.717, 1.165) is 59.8 Å². The Labute approximate surface area is 418 Å². The van der Waals surface area contributed by atoms with E-state index in [0.29, 0.717) is 11.4 Å². The maximum Gasteiger partial charge on any atom is 0.244 e. The number of hydrogen-bond donors (Lipinski definition) is 0. The molecule has 6 aromatic carbocycles. The Bertz CT molecular complexity index is 3160. The lowest BCUT2D eigenvalue weighted by Crippen LogP contribution is -2.47. The lowest BCUT2D eigenvalue weighted by atomic mass is 9.70. The number of anilines is 2. The van der Waals surface area contributed by atoms with Gasteiger partial charge >= 0.3 is 0 Å². The van der Waals surface area contributed by atoms with Crippen molar-refractivity contribution in [2.24, 2.45) is 23.7 Å². The number of nitrogens with zero attached hydrogens (tertiary/aromatic N) is 4. The summed E-state index contributed by atoms with van der Waals surface area (Å²) >= 11 is 0. The predicted octanol–water partition coefficient (Wildman–Crippen LogP) is 7.58. The van der Waals surface area contributed by atoms with Crippen molar-refractivity contribution in [1.29, 1.82) is 0 Å². The zero-order chi connectivity index (χ0) is 50.5. The minimum absolute atomic E-state index is 0.164. The van der Waals surface area contributed by atoms with Crippen molar-refractivity contribution in [3.05, 3.63) is 191 Å². The third-order valence-electron chi connectivity index (χ3n) is 15.6. The second-order valence-electron chi connectivity index (χ2n) is 19.5. The van der Waals surface area contributed by atoms with Gasteiger partial charge in [-0.25, -0.2) is 26.6 Å². The SMILES string of the molecule is C1COCCO1.Cc1ccc(S(=O)(=O)N2[C@@H]3c4ccccc4[C@@]2(C)[C@H]2C(=O)N(c4ccccc4)C(=O)[C@@H]32)cc1.Cc1ccc(S(=O)(=O)N2[C@H]3c4ccccc4[C@]2(C)[C@@H]2C(=O)N(c4ccccc4)C(=O)[C@@H]23)cc1. The molecule has 0 radical (unpaired) electrons. The molecule has 0 saturated carbocycles. The Morgan fingerprint density at radius 2 is 0.750 bits per heavy atom. The molecule has 6 aromatic rings. The number of amides is 4. The summed E-state index contributed by atoms with van der Waals surface area (Å²) in [6, 6.07) is 44.6. The van der Waals surface area contributed by atoms with Crippen LogP contribution in [-0.2, 0) is 59.8 Å². The van der Waals surface area contributed by atoms with Gasteiger partial charge in [0.25, 0.3) is 0 Å². The molecule has 4 bridgehead atoms. The highest BCUT2D eigenvalue weighted by atomic mass is 32.2. The lowest BCUT2D eigenvalue weighted by Gasteiger charge is -2.35. The van der Waals surface area contributed by atoms with E-state index in [2.05, 4.69) is 0 Å². The summed E-state index contributed by atoms with van der Waals surface area (Å²) in [6.45, 7) is 10.5. The van der Waals surface area contributed by atoms with Crippen LogP contribution in [0.4, 0.5) is 11.4 Å². The van der Waals surface area contributed by atoms with Gasteiger partial charge in [-0.05, 0) is 98.5 Å². The van der Waals surface area contributed by atoms with E-state index >= 15 is 0 Å². The van der Waals surface area contributed by atoms with Crippen molar-refractivity contribution in [3.63, 3.8) is 0 Å². The number of imide groups is 2. The molecule has 16 heteroatoms. The number of rotatable bonds is 6. The van der Waals surface area contributed by atoms with Gasteiger partial charge in [-0.1, -0.05) is 120 Å². The van der Waals surface area contributed by atoms with Crippen LogP contribution in [0.2, 0.25) is 0 Å². The van der Waals surface area contributed by atoms with Crippen molar-refractivity contribution in [1.82, 2.24) is 8.61 Å². The Morgan fingerprint density at radius 1 is 0.431 bits per heavy atom. The summed E-state index contributed by atoms with van der Waals surface area (Å²) in [5.41, 5.74) is 3.80. The molecule has 0 aromatic heterocycles. The van der Waals surface area contributed by atoms with Gasteiger partial charge in [0.15, 0.2) is 0 Å². The van der Waals surface area contributed by atoms with E-state index in [1.807, 2.05) is 74.5 Å². The lowest BCUT2D eigenvalue weighted by molar-refractivity contribution is -0.125. The molecule has 8 atom stereocenters. The predicted molar refractivity (Wildman–Crippen MR) is 267 cm³/mol. The highest BCUT2D eigenvalue weighted by molar-refractivity contribution is 7.89. The number of benzene rings is 6. The van der Waals surface area contributed by atoms with E-state index < -0.39 is 66.9 Å². The maximum atomic E-state index is 14.0. The van der Waals surface area contributed by atoms with Crippen LogP contribution in [0, 0.1) is 37.5 Å². The summed E-state index contributed by atoms with van der Waals surface area (Å²) in [4.78, 5) is 57.6. The van der Waals surface area contributed by atoms with Crippen LogP contribution in [-0.4, -0.2) is 75.5 Å². The van der Waals surface area contributed by atoms with Gasteiger partial charge in [-0.15, -0.1) is 0 Å². The van der Waals surface area contributed by atoms with Gasteiger partial charge in [0.2, 0.25) is 43.7 Å². The normalized spacial score (nSPS) is 27.9. The third kappa shape index (κ3) is 6.87. The van der Waals surface area contributed by atoms with E-state index in [9.17, 15) is 36.0 Å². The molecule has 0 spiro atoms. The first kappa shape index (κ1) is 47.7. The standard InChI is InChI=1S/2C26H22N2O4S.C4H8O2/c2*1-16-12-14-18(15-13-16)33(31,32)28-23-19-10-6-7-11-20(19)26(28,2)22-21(23)24(29)27(25(22)30)17-8-4-3-5-9-17;1-2-6-4-3-5-1/h2*3-15,21-23H,1-2H3;1-4H2/t2*21-,22-,23-,26+;/m10./s1. The summed E-state index contributed by atoms with van der Waals surface area (Å²) in [5.74, 6) is -4.49. The van der Waals surface area contributed by atoms with E-state index in [4.69, 9.17) is 9.47 Å². The molecule has 13 rings (SSSR count). The molecule has 368 valence electrons. The number of sulfonamides is 2. The Hall–Kier alpha value is -6.66. The molecule has 7 aliphatic heterocycles. The van der Waals surface area contributed by atoms with Gasteiger partial charge in [0, 0.05) is 0 Å². The van der Waals surface area contributed by atoms with E-state index in [-0.39, 0.29) is 33.4 Å². The zero-order valence-electron chi connectivity index (χ0n) is 40.0. The van der Waals surface area contributed by atoms with Crippen molar-refractivity contribution in [2.75, 3.05) is 36.2 Å². The van der Waals surface area contributed by atoms with Crippen LogP contribution in [0.25, 0.3) is 0 Å². The third-order valence-corrected chi connectivity index (χ3v) is 19.6. The molecule has 72 heavy (non-hydrogen) atoms. The zero-order valence-corrected chi connectivity index (χ0v) is 41.6. The van der Waals surface area contributed by atoms with Gasteiger partial charge < -0.3 is 9.47 Å². The Balaban J connectivity index is 0.000000139. The summed E-state index contributed by atoms with van der Waals surface area (Å²) < 4.78 is 68.6. The molecule has 14 nitrogen and oxygen atoms in total. The molecule has 7 heterocycles. The van der Waals surface area contributed by atoms with Gasteiger partial charge in [-0.2, -0.15) is 8.61 Å². The number of aryl methyl sites for hydroxylation is 2. The fraction of sp³-hybridized carbons (Fsp3) is 0.286. The smallest absolute Gasteiger partial charge is 0.244 e. The molecular formula is C56H52N4O10S2. The topological polar surface area (TPSA) is 168 Å². The molecule has 0 N–H and O–H groups in total. The first-order chi connectivity index (χ1) is 34.5. The average Bonchev–Trinajstić information content (AvgIpc) is 4.16. The first-order valence-corrected chi connectivity index (χ1v) is 26.9. The number of para-hydroxylation sites is 2. The fourth-order valence-corrected chi connectivity index (χ4v) is 16.5. The van der Waals surface area contributed by atoms with Crippen LogP contribution in [0.3, 0.4) is 0 Å². The quantitative estimate of drug-likeness (QED) is 0.152. The largest absolute Gasteiger partial charge is 0.377 e. The first-order valence-electron chi connectivity index (χ1n) is 24.0. The van der Waals surface area contributed by atoms with Crippen molar-refractivity contribution >= 4 is 55.1 Å². The molecule has 4 amide bonds. The number of carbonyl (C=O) groups excluding carboxylic acids is 4. The second kappa shape index (κ2) is 17.5. The minimum atomic E-state index is -3.98. The number of ether oxygens (including phenoxy) is 2. The van der Waals surface area contributed by atoms with Crippen LogP contribution in [0.15, 0.2) is 168 Å². The Morgan fingerprint density at radius 3 is 1.08 bits per heavy atom. The number of hydrogen-bond acceptors (Lipinski definition) is 10. The van der Waals surface area contributed by atoms with Crippen molar-refractivity contribution < 1.29 is 45.5 Å². The monoisotopic (exact) mass is 1000 g/mol. The molecular weight excluding hydrogens is 953 g/mol. The van der Waals surface area contributed by atoms with Gasteiger partial charge in [0.05, 0.1) is 94.4 Å². The molecule has 0 aliphatic carbocycles. The molecule has 5 fully saturated rings. The summed E-state index contributed by atoms with van der Waals surface area (Å²) in [6.07, 6.45) is 0. The molecule has 0 unspecified atom stereocenters. The van der Waals surface area contributed by atoms with Crippen LogP contribution >= 0.6 is 0 Å². The van der Waals surface area contributed by atoms with Crippen molar-refractivity contribution in [3.8, 4) is 0 Å². The van der Waals surface area contributed by atoms with Crippen molar-refractivity contribution in [2.45, 2.75) is 60.6 Å². The van der Waals surface area contributed by atoms with Crippen LogP contribution < -0.4 is 9.80 Å². The molecule has 7 aliphatic rings. The number of fused-ring (bicyclic) bond motifs is 16. The van der Waals surface area contributed by atoms with E-state index in [1.54, 1.807) is 111 Å². The number of carbonyl (C=O) groups is 4. The maximum absolute atomic E-state index is 14.0. The summed E-state index contributed by atoms with van der Waals surface area (Å²) in [7, 11) is -7.96. The fourth-order valence-electron chi connectivity index (χ4n) is 12.5. The highest BCUT2D eigenvalue weighted by Gasteiger charge is 2.76. The highest BCUT2D eigenvalue weighted by Crippen LogP contribution is 2.68. The van der Waals surface area contributed by atoms with Crippen LogP contribution in [0.5, 0.6) is 0 Å². The van der Waals surface area contributed by atoms with Gasteiger partial charge in [0.1, 0.15) is 0 Å². The summed E-state index contributed by atoms with van der Waals surface area (Å²) in [5, 5.41) is 0. The average molecular weight is 1010 g/mol. The molecule has 5 saturated heterocycles. The van der Waals surface area contributed by atoms with Gasteiger partial charge in [-0.3, -0.25) is 19.2 Å². The second-order valence-corrected chi connectivity index (χ2v) is 23.1. The van der Waals surface area contributed by atoms with E-state index in [1.165, 1.54) is 18.4 Å². The Kier molecular flexibility index (Phi) is 11.6. The van der Waals surface area contributed by atoms with Crippen LogP contribution in [0.1, 0.15) is 59.3 Å². The minimum Gasteiger partial charge on any atom is -0.377 e.